The summed E-state index contributed by atoms with van der Waals surface area (Å²) in [4.78, 5) is 28.5. The Hall–Kier alpha value is -3.78. The summed E-state index contributed by atoms with van der Waals surface area (Å²) in [5.74, 6) is 1.11. The van der Waals surface area contributed by atoms with Gasteiger partial charge < -0.3 is 4.42 Å². The van der Waals surface area contributed by atoms with E-state index in [1.54, 1.807) is 41.7 Å². The average Bonchev–Trinajstić information content (AvgIpc) is 3.37. The maximum Gasteiger partial charge on any atom is 0.275 e. The SMILES string of the molecule is Cc1cc(-c2ccc(C=c3sc4nc5ccccc5n4c3=O)o2)ccc1[N+](=O)[O-]. The van der Waals surface area contributed by atoms with Crippen LogP contribution in [0.1, 0.15) is 11.3 Å². The van der Waals surface area contributed by atoms with Gasteiger partial charge in [0.1, 0.15) is 16.1 Å². The van der Waals surface area contributed by atoms with Crippen molar-refractivity contribution in [1.82, 2.24) is 9.38 Å². The van der Waals surface area contributed by atoms with E-state index in [1.165, 1.54) is 17.4 Å². The van der Waals surface area contributed by atoms with E-state index in [2.05, 4.69) is 4.98 Å². The molecule has 0 aliphatic carbocycles. The maximum absolute atomic E-state index is 12.8. The molecular weight excluding hydrogens is 390 g/mol. The van der Waals surface area contributed by atoms with Gasteiger partial charge in [-0.05, 0) is 43.3 Å². The summed E-state index contributed by atoms with van der Waals surface area (Å²) in [6.07, 6.45) is 1.69. The highest BCUT2D eigenvalue weighted by atomic mass is 32.1. The number of nitrogens with zero attached hydrogens (tertiary/aromatic N) is 3. The van der Waals surface area contributed by atoms with Crippen molar-refractivity contribution in [1.29, 1.82) is 0 Å². The quantitative estimate of drug-likeness (QED) is 0.336. The summed E-state index contributed by atoms with van der Waals surface area (Å²) < 4.78 is 7.99. The lowest BCUT2D eigenvalue weighted by molar-refractivity contribution is -0.385. The molecule has 0 unspecified atom stereocenters. The second-order valence-corrected chi connectivity index (χ2v) is 7.60. The molecule has 0 aliphatic rings. The number of rotatable bonds is 3. The van der Waals surface area contributed by atoms with Crippen LogP contribution in [0.5, 0.6) is 0 Å². The Bertz CT molecular complexity index is 1530. The molecule has 8 heteroatoms. The molecule has 7 nitrogen and oxygen atoms in total. The van der Waals surface area contributed by atoms with Crippen molar-refractivity contribution < 1.29 is 9.34 Å². The van der Waals surface area contributed by atoms with Crippen molar-refractivity contribution in [2.24, 2.45) is 0 Å². The van der Waals surface area contributed by atoms with Gasteiger partial charge >= 0.3 is 0 Å². The first-order chi connectivity index (χ1) is 14.0. The van der Waals surface area contributed by atoms with Crippen LogP contribution in [0.4, 0.5) is 5.69 Å². The zero-order valence-electron chi connectivity index (χ0n) is 15.2. The fraction of sp³-hybridized carbons (Fsp3) is 0.0476. The molecule has 0 bridgehead atoms. The fourth-order valence-corrected chi connectivity index (χ4v) is 4.31. The van der Waals surface area contributed by atoms with Crippen LogP contribution in [0, 0.1) is 17.0 Å². The van der Waals surface area contributed by atoms with Gasteiger partial charge in [-0.15, -0.1) is 0 Å². The van der Waals surface area contributed by atoms with Crippen molar-refractivity contribution in [2.45, 2.75) is 6.92 Å². The lowest BCUT2D eigenvalue weighted by atomic mass is 10.1. The van der Waals surface area contributed by atoms with Crippen molar-refractivity contribution in [3.63, 3.8) is 0 Å². The highest BCUT2D eigenvalue weighted by Crippen LogP contribution is 2.27. The summed E-state index contributed by atoms with van der Waals surface area (Å²) in [7, 11) is 0. The third-order valence-corrected chi connectivity index (χ3v) is 5.69. The van der Waals surface area contributed by atoms with Crippen LogP contribution in [0.15, 0.2) is 63.8 Å². The second kappa shape index (κ2) is 6.39. The molecule has 5 aromatic rings. The van der Waals surface area contributed by atoms with Crippen LogP contribution < -0.4 is 10.1 Å². The molecule has 0 saturated heterocycles. The van der Waals surface area contributed by atoms with Crippen molar-refractivity contribution in [3.05, 3.63) is 90.9 Å². The fourth-order valence-electron chi connectivity index (χ4n) is 3.34. The van der Waals surface area contributed by atoms with E-state index >= 15 is 0 Å². The molecule has 0 fully saturated rings. The Morgan fingerprint density at radius 1 is 1.17 bits per heavy atom. The number of fused-ring (bicyclic) bond motifs is 3. The van der Waals surface area contributed by atoms with Gasteiger partial charge in [0.05, 0.1) is 16.0 Å². The van der Waals surface area contributed by atoms with Crippen LogP contribution in [0.3, 0.4) is 0 Å². The van der Waals surface area contributed by atoms with Crippen molar-refractivity contribution >= 4 is 39.1 Å². The monoisotopic (exact) mass is 403 g/mol. The molecule has 0 aliphatic heterocycles. The number of imidazole rings is 1. The third-order valence-electron chi connectivity index (χ3n) is 4.72. The number of benzene rings is 2. The zero-order valence-corrected chi connectivity index (χ0v) is 16.0. The summed E-state index contributed by atoms with van der Waals surface area (Å²) >= 11 is 1.31. The van der Waals surface area contributed by atoms with Crippen LogP contribution in [0.25, 0.3) is 33.4 Å². The van der Waals surface area contributed by atoms with E-state index in [-0.39, 0.29) is 11.2 Å². The van der Waals surface area contributed by atoms with Crippen LogP contribution in [0.2, 0.25) is 0 Å². The molecule has 5 rings (SSSR count). The summed E-state index contributed by atoms with van der Waals surface area (Å²) in [5, 5.41) is 11.0. The number of aromatic nitrogens is 2. The number of furan rings is 1. The van der Waals surface area contributed by atoms with Crippen LogP contribution >= 0.6 is 11.3 Å². The largest absolute Gasteiger partial charge is 0.457 e. The molecule has 0 saturated carbocycles. The van der Waals surface area contributed by atoms with Crippen molar-refractivity contribution in [3.8, 4) is 11.3 Å². The van der Waals surface area contributed by atoms with E-state index in [1.807, 2.05) is 24.3 Å². The van der Waals surface area contributed by atoms with Gasteiger partial charge in [0.15, 0.2) is 4.96 Å². The third kappa shape index (κ3) is 2.81. The molecule has 3 aromatic heterocycles. The molecule has 0 amide bonds. The van der Waals surface area contributed by atoms with E-state index in [0.717, 1.165) is 16.6 Å². The standard InChI is InChI=1S/C21H13N3O4S/c1-12-10-13(6-8-16(12)24(26)27)18-9-7-14(28-18)11-19-20(25)23-17-5-3-2-4-15(17)22-21(23)29-19/h2-11H,1H3. The van der Waals surface area contributed by atoms with Gasteiger partial charge in [-0.3, -0.25) is 14.9 Å². The minimum atomic E-state index is -0.410. The van der Waals surface area contributed by atoms with Gasteiger partial charge in [-0.1, -0.05) is 23.5 Å². The average molecular weight is 403 g/mol. The zero-order chi connectivity index (χ0) is 20.1. The van der Waals surface area contributed by atoms with Gasteiger partial charge in [0.25, 0.3) is 11.2 Å². The highest BCUT2D eigenvalue weighted by Gasteiger charge is 2.14. The minimum absolute atomic E-state index is 0.0669. The number of nitro groups is 1. The maximum atomic E-state index is 12.8. The molecule has 142 valence electrons. The predicted molar refractivity (Wildman–Crippen MR) is 111 cm³/mol. The van der Waals surface area contributed by atoms with Gasteiger partial charge in [0, 0.05) is 23.3 Å². The number of hydrogen-bond acceptors (Lipinski definition) is 6. The van der Waals surface area contributed by atoms with Crippen LogP contribution in [-0.4, -0.2) is 14.3 Å². The Balaban J connectivity index is 1.57. The molecule has 2 aromatic carbocycles. The molecule has 0 N–H and O–H groups in total. The van der Waals surface area contributed by atoms with E-state index in [0.29, 0.717) is 26.6 Å². The molecule has 0 spiro atoms. The lowest BCUT2D eigenvalue weighted by Gasteiger charge is -2.00. The predicted octanol–water partition coefficient (Wildman–Crippen LogP) is 3.93. The number of para-hydroxylation sites is 2. The van der Waals surface area contributed by atoms with Gasteiger partial charge in [-0.25, -0.2) is 9.38 Å². The molecule has 29 heavy (non-hydrogen) atoms. The van der Waals surface area contributed by atoms with Gasteiger partial charge in [-0.2, -0.15) is 0 Å². The Morgan fingerprint density at radius 3 is 2.79 bits per heavy atom. The normalized spacial score (nSPS) is 12.2. The first-order valence-electron chi connectivity index (χ1n) is 8.78. The van der Waals surface area contributed by atoms with E-state index in [4.69, 9.17) is 4.42 Å². The van der Waals surface area contributed by atoms with E-state index in [9.17, 15) is 14.9 Å². The second-order valence-electron chi connectivity index (χ2n) is 6.59. The van der Waals surface area contributed by atoms with E-state index < -0.39 is 4.92 Å². The van der Waals surface area contributed by atoms with Crippen molar-refractivity contribution in [2.75, 3.05) is 0 Å². The summed E-state index contributed by atoms with van der Waals surface area (Å²) in [6.45, 7) is 1.69. The highest BCUT2D eigenvalue weighted by molar-refractivity contribution is 7.15. The Morgan fingerprint density at radius 2 is 2.00 bits per heavy atom. The molecule has 0 atom stereocenters. The molecule has 0 radical (unpaired) electrons. The first-order valence-corrected chi connectivity index (χ1v) is 9.60. The number of nitro benzene ring substituents is 1. The summed E-state index contributed by atoms with van der Waals surface area (Å²) in [6, 6.07) is 15.9. The number of hydrogen-bond donors (Lipinski definition) is 0. The Labute approximate surface area is 167 Å². The number of aryl methyl sites for hydroxylation is 1. The lowest BCUT2D eigenvalue weighted by Crippen LogP contribution is -2.22. The van der Waals surface area contributed by atoms with Crippen LogP contribution in [-0.2, 0) is 0 Å². The Kier molecular flexibility index (Phi) is 3.82. The molecule has 3 heterocycles. The summed E-state index contributed by atoms with van der Waals surface area (Å²) in [5.41, 5.74) is 2.80. The first kappa shape index (κ1) is 17.3. The topological polar surface area (TPSA) is 90.7 Å². The number of thiazole rings is 1. The van der Waals surface area contributed by atoms with Gasteiger partial charge in [0.2, 0.25) is 0 Å². The molecular formula is C21H13N3O4S. The minimum Gasteiger partial charge on any atom is -0.457 e. The smallest absolute Gasteiger partial charge is 0.275 e.